The van der Waals surface area contributed by atoms with Crippen LogP contribution < -0.4 is 5.32 Å². The molecule has 0 radical (unpaired) electrons. The Kier molecular flexibility index (Phi) is 9.60. The average molecular weight is 368 g/mol. The first-order valence-electron chi connectivity index (χ1n) is 8.51. The number of nitrogens with one attached hydrogen (secondary N) is 1. The fourth-order valence-electron chi connectivity index (χ4n) is 2.12. The number of carbonyl (C=O) groups excluding carboxylic acids is 2. The fourth-order valence-corrected chi connectivity index (χ4v) is 2.58. The van der Waals surface area contributed by atoms with Gasteiger partial charge in [0.25, 0.3) is 0 Å². The SMILES string of the molecule is CSCCCC(NCCC(=O)/C=C/c1ccco1)C(=O)OC(C)(C)C. The monoisotopic (exact) mass is 367 g/mol. The van der Waals surface area contributed by atoms with Crippen LogP contribution in [0.1, 0.15) is 45.8 Å². The van der Waals surface area contributed by atoms with Gasteiger partial charge in [-0.25, -0.2) is 0 Å². The Morgan fingerprint density at radius 2 is 2.16 bits per heavy atom. The molecule has 1 aromatic heterocycles. The highest BCUT2D eigenvalue weighted by atomic mass is 32.2. The summed E-state index contributed by atoms with van der Waals surface area (Å²) in [5.74, 6) is 1.36. The Hall–Kier alpha value is -1.53. The van der Waals surface area contributed by atoms with E-state index in [4.69, 9.17) is 9.15 Å². The first-order valence-corrected chi connectivity index (χ1v) is 9.91. The van der Waals surface area contributed by atoms with Crippen molar-refractivity contribution in [2.24, 2.45) is 0 Å². The third-order valence-corrected chi connectivity index (χ3v) is 3.97. The second kappa shape index (κ2) is 11.2. The molecule has 0 aliphatic carbocycles. The van der Waals surface area contributed by atoms with Crippen LogP contribution in [0.15, 0.2) is 28.9 Å². The number of thioether (sulfide) groups is 1. The Morgan fingerprint density at radius 3 is 2.76 bits per heavy atom. The van der Waals surface area contributed by atoms with Crippen molar-refractivity contribution in [2.75, 3.05) is 18.6 Å². The molecule has 0 aliphatic rings. The third-order valence-electron chi connectivity index (χ3n) is 3.27. The number of ether oxygens (including phenoxy) is 1. The van der Waals surface area contributed by atoms with Gasteiger partial charge in [-0.05, 0) is 69.9 Å². The van der Waals surface area contributed by atoms with Crippen LogP contribution in [-0.4, -0.2) is 41.9 Å². The van der Waals surface area contributed by atoms with E-state index >= 15 is 0 Å². The summed E-state index contributed by atoms with van der Waals surface area (Å²) in [6.07, 6.45) is 8.68. The predicted molar refractivity (Wildman–Crippen MR) is 103 cm³/mol. The lowest BCUT2D eigenvalue weighted by Crippen LogP contribution is -2.42. The molecular weight excluding hydrogens is 338 g/mol. The van der Waals surface area contributed by atoms with Gasteiger partial charge < -0.3 is 14.5 Å². The van der Waals surface area contributed by atoms with Gasteiger partial charge in [-0.15, -0.1) is 0 Å². The minimum absolute atomic E-state index is 0.0176. The van der Waals surface area contributed by atoms with Crippen molar-refractivity contribution in [1.29, 1.82) is 0 Å². The van der Waals surface area contributed by atoms with Gasteiger partial charge >= 0.3 is 5.97 Å². The van der Waals surface area contributed by atoms with Crippen LogP contribution in [0.25, 0.3) is 6.08 Å². The quantitative estimate of drug-likeness (QED) is 0.365. The highest BCUT2D eigenvalue weighted by Crippen LogP contribution is 2.12. The lowest BCUT2D eigenvalue weighted by molar-refractivity contribution is -0.157. The maximum Gasteiger partial charge on any atom is 0.323 e. The number of hydrogen-bond acceptors (Lipinski definition) is 6. The number of hydrogen-bond donors (Lipinski definition) is 1. The predicted octanol–water partition coefficient (Wildman–Crippen LogP) is 3.70. The van der Waals surface area contributed by atoms with E-state index in [1.807, 2.05) is 27.0 Å². The van der Waals surface area contributed by atoms with Gasteiger partial charge in [0.15, 0.2) is 5.78 Å². The van der Waals surface area contributed by atoms with E-state index in [2.05, 4.69) is 5.32 Å². The molecule has 1 atom stereocenters. The van der Waals surface area contributed by atoms with Crippen LogP contribution in [0.4, 0.5) is 0 Å². The second-order valence-corrected chi connectivity index (χ2v) is 7.73. The topological polar surface area (TPSA) is 68.5 Å². The minimum Gasteiger partial charge on any atom is -0.465 e. The van der Waals surface area contributed by atoms with E-state index in [-0.39, 0.29) is 17.8 Å². The summed E-state index contributed by atoms with van der Waals surface area (Å²) in [5.41, 5.74) is -0.516. The van der Waals surface area contributed by atoms with Crippen LogP contribution in [0.5, 0.6) is 0 Å². The third kappa shape index (κ3) is 10.1. The standard InChI is InChI=1S/C19H29NO4S/c1-19(2,3)24-18(22)17(8-6-14-25-4)20-12-11-15(21)9-10-16-7-5-13-23-16/h5,7,9-10,13,17,20H,6,8,11-12,14H2,1-4H3/b10-9+. The summed E-state index contributed by atoms with van der Waals surface area (Å²) in [7, 11) is 0. The zero-order valence-electron chi connectivity index (χ0n) is 15.5. The van der Waals surface area contributed by atoms with Gasteiger partial charge in [-0.3, -0.25) is 9.59 Å². The molecule has 140 valence electrons. The smallest absolute Gasteiger partial charge is 0.323 e. The van der Waals surface area contributed by atoms with Gasteiger partial charge in [-0.1, -0.05) is 0 Å². The zero-order chi connectivity index (χ0) is 18.7. The lowest BCUT2D eigenvalue weighted by Gasteiger charge is -2.24. The highest BCUT2D eigenvalue weighted by molar-refractivity contribution is 7.98. The van der Waals surface area contributed by atoms with Gasteiger partial charge in [-0.2, -0.15) is 11.8 Å². The molecule has 6 heteroatoms. The molecule has 0 amide bonds. The molecule has 1 unspecified atom stereocenters. The van der Waals surface area contributed by atoms with Crippen LogP contribution in [0, 0.1) is 0 Å². The van der Waals surface area contributed by atoms with Gasteiger partial charge in [0.2, 0.25) is 0 Å². The maximum absolute atomic E-state index is 12.3. The number of rotatable bonds is 11. The molecule has 0 bridgehead atoms. The van der Waals surface area contributed by atoms with Crippen LogP contribution in [0.2, 0.25) is 0 Å². The highest BCUT2D eigenvalue weighted by Gasteiger charge is 2.24. The summed E-state index contributed by atoms with van der Waals surface area (Å²) >= 11 is 1.75. The van der Waals surface area contributed by atoms with Crippen molar-refractivity contribution in [3.63, 3.8) is 0 Å². The van der Waals surface area contributed by atoms with Crippen molar-refractivity contribution in [3.05, 3.63) is 30.2 Å². The van der Waals surface area contributed by atoms with Crippen molar-refractivity contribution in [2.45, 2.75) is 51.7 Å². The van der Waals surface area contributed by atoms with Gasteiger partial charge in [0.1, 0.15) is 17.4 Å². The molecule has 1 aromatic rings. The Morgan fingerprint density at radius 1 is 1.40 bits per heavy atom. The average Bonchev–Trinajstić information content (AvgIpc) is 3.03. The van der Waals surface area contributed by atoms with E-state index < -0.39 is 5.60 Å². The minimum atomic E-state index is -0.516. The number of ketones is 1. The maximum atomic E-state index is 12.3. The van der Waals surface area contributed by atoms with Crippen molar-refractivity contribution < 1.29 is 18.7 Å². The second-order valence-electron chi connectivity index (χ2n) is 6.74. The first kappa shape index (κ1) is 21.5. The molecule has 25 heavy (non-hydrogen) atoms. The van der Waals surface area contributed by atoms with Crippen molar-refractivity contribution in [1.82, 2.24) is 5.32 Å². The Labute approximate surface area is 154 Å². The van der Waals surface area contributed by atoms with Crippen LogP contribution in [-0.2, 0) is 14.3 Å². The van der Waals surface area contributed by atoms with Gasteiger partial charge in [0, 0.05) is 13.0 Å². The molecule has 0 aliphatic heterocycles. The molecule has 1 N–H and O–H groups in total. The molecule has 1 rings (SSSR count). The molecular formula is C19H29NO4S. The number of esters is 1. The van der Waals surface area contributed by atoms with Crippen molar-refractivity contribution in [3.8, 4) is 0 Å². The molecule has 0 saturated heterocycles. The van der Waals surface area contributed by atoms with E-state index in [9.17, 15) is 9.59 Å². The van der Waals surface area contributed by atoms with Crippen molar-refractivity contribution >= 4 is 29.6 Å². The Bertz CT molecular complexity index is 546. The summed E-state index contributed by atoms with van der Waals surface area (Å²) in [4.78, 5) is 24.2. The normalized spacial score (nSPS) is 13.1. The lowest BCUT2D eigenvalue weighted by atomic mass is 10.1. The molecule has 1 heterocycles. The summed E-state index contributed by atoms with van der Waals surface area (Å²) in [6.45, 7) is 6.00. The van der Waals surface area contributed by atoms with Gasteiger partial charge in [0.05, 0.1) is 6.26 Å². The van der Waals surface area contributed by atoms with E-state index in [0.717, 1.165) is 12.2 Å². The molecule has 0 fully saturated rings. The van der Waals surface area contributed by atoms with E-state index in [1.54, 1.807) is 36.2 Å². The van der Waals surface area contributed by atoms with Crippen LogP contribution >= 0.6 is 11.8 Å². The number of furan rings is 1. The summed E-state index contributed by atoms with van der Waals surface area (Å²) < 4.78 is 10.6. The molecule has 0 aromatic carbocycles. The molecule has 5 nitrogen and oxygen atoms in total. The molecule has 0 spiro atoms. The largest absolute Gasteiger partial charge is 0.465 e. The van der Waals surface area contributed by atoms with Crippen LogP contribution in [0.3, 0.4) is 0 Å². The molecule has 0 saturated carbocycles. The number of allylic oxidation sites excluding steroid dienone is 1. The van der Waals surface area contributed by atoms with E-state index in [1.165, 1.54) is 6.08 Å². The van der Waals surface area contributed by atoms with E-state index in [0.29, 0.717) is 25.1 Å². The number of carbonyl (C=O) groups is 2. The summed E-state index contributed by atoms with van der Waals surface area (Å²) in [5, 5.41) is 3.16. The first-order chi connectivity index (χ1) is 11.8. The Balaban J connectivity index is 2.44. The fraction of sp³-hybridized carbons (Fsp3) is 0.579. The summed E-state index contributed by atoms with van der Waals surface area (Å²) in [6, 6.07) is 3.17. The zero-order valence-corrected chi connectivity index (χ0v) is 16.4.